The van der Waals surface area contributed by atoms with Gasteiger partial charge in [-0.2, -0.15) is 10.2 Å². The molecule has 0 amide bonds. The van der Waals surface area contributed by atoms with Crippen molar-refractivity contribution in [2.75, 3.05) is 32.7 Å². The lowest BCUT2D eigenvalue weighted by molar-refractivity contribution is 0.122. The van der Waals surface area contributed by atoms with Crippen molar-refractivity contribution >= 4 is 0 Å². The molecular formula is C20H28N6O2. The van der Waals surface area contributed by atoms with Crippen molar-refractivity contribution in [1.29, 1.82) is 0 Å². The first-order valence-electron chi connectivity index (χ1n) is 10.2. The maximum Gasteiger partial charge on any atom is 0.270 e. The molecule has 0 radical (unpaired) electrons. The molecule has 28 heavy (non-hydrogen) atoms. The lowest BCUT2D eigenvalue weighted by Crippen LogP contribution is -2.47. The van der Waals surface area contributed by atoms with E-state index in [2.05, 4.69) is 20.0 Å². The van der Waals surface area contributed by atoms with Gasteiger partial charge in [0.25, 0.3) is 11.1 Å². The van der Waals surface area contributed by atoms with Crippen LogP contribution in [0.15, 0.2) is 27.9 Å². The van der Waals surface area contributed by atoms with Crippen LogP contribution in [0, 0.1) is 0 Å². The van der Waals surface area contributed by atoms with Crippen molar-refractivity contribution in [2.24, 2.45) is 7.05 Å². The Bertz CT molecular complexity index is 942. The first kappa shape index (κ1) is 19.0. The van der Waals surface area contributed by atoms with Crippen LogP contribution in [0.2, 0.25) is 0 Å². The molecule has 2 aromatic heterocycles. The molecule has 0 N–H and O–H groups in total. The zero-order chi connectivity index (χ0) is 19.5. The molecule has 2 aromatic rings. The molecule has 0 atom stereocenters. The molecule has 0 spiro atoms. The largest absolute Gasteiger partial charge is 0.299 e. The third-order valence-corrected chi connectivity index (χ3v) is 5.84. The maximum atomic E-state index is 12.3. The van der Waals surface area contributed by atoms with Gasteiger partial charge in [-0.25, -0.2) is 9.36 Å². The smallest absolute Gasteiger partial charge is 0.270 e. The summed E-state index contributed by atoms with van der Waals surface area (Å²) < 4.78 is 3.02. The fourth-order valence-electron chi connectivity index (χ4n) is 4.08. The van der Waals surface area contributed by atoms with Gasteiger partial charge < -0.3 is 0 Å². The number of hydrogen-bond donors (Lipinski definition) is 0. The fraction of sp³-hybridized carbons (Fsp3) is 0.600. The Labute approximate surface area is 164 Å². The molecule has 150 valence electrons. The standard InChI is InChI=1S/C20H28N6O2/c1-23-20(28)17(6-7-21-23)15-25-10-8-24(9-11-25)12-13-26-19(27)14-16-4-2-3-5-18(16)22-26/h6-7,14H,2-5,8-13,15H2,1H3. The van der Waals surface area contributed by atoms with Crippen molar-refractivity contribution in [2.45, 2.75) is 38.8 Å². The van der Waals surface area contributed by atoms with Gasteiger partial charge in [0.1, 0.15) is 0 Å². The van der Waals surface area contributed by atoms with E-state index >= 15 is 0 Å². The highest BCUT2D eigenvalue weighted by Gasteiger charge is 2.19. The van der Waals surface area contributed by atoms with Crippen LogP contribution in [0.25, 0.3) is 0 Å². The van der Waals surface area contributed by atoms with E-state index in [1.807, 2.05) is 6.07 Å². The molecule has 1 saturated heterocycles. The van der Waals surface area contributed by atoms with E-state index in [1.165, 1.54) is 11.1 Å². The number of nitrogens with zero attached hydrogens (tertiary/aromatic N) is 6. The quantitative estimate of drug-likeness (QED) is 0.724. The average molecular weight is 384 g/mol. The minimum Gasteiger partial charge on any atom is -0.299 e. The summed E-state index contributed by atoms with van der Waals surface area (Å²) in [6.07, 6.45) is 5.98. The molecule has 8 nitrogen and oxygen atoms in total. The summed E-state index contributed by atoms with van der Waals surface area (Å²) in [6.45, 7) is 5.83. The summed E-state index contributed by atoms with van der Waals surface area (Å²) in [4.78, 5) is 29.1. The average Bonchev–Trinajstić information content (AvgIpc) is 2.71. The molecular weight excluding hydrogens is 356 g/mol. The van der Waals surface area contributed by atoms with Crippen LogP contribution >= 0.6 is 0 Å². The van der Waals surface area contributed by atoms with Crippen molar-refractivity contribution in [3.63, 3.8) is 0 Å². The topological polar surface area (TPSA) is 76.3 Å². The number of rotatable bonds is 5. The van der Waals surface area contributed by atoms with E-state index in [-0.39, 0.29) is 11.1 Å². The summed E-state index contributed by atoms with van der Waals surface area (Å²) >= 11 is 0. The Morgan fingerprint density at radius 1 is 1.00 bits per heavy atom. The van der Waals surface area contributed by atoms with Crippen LogP contribution in [0.1, 0.15) is 29.7 Å². The summed E-state index contributed by atoms with van der Waals surface area (Å²) in [5, 5.41) is 8.59. The normalized spacial score (nSPS) is 18.2. The van der Waals surface area contributed by atoms with E-state index in [0.29, 0.717) is 13.1 Å². The Balaban J connectivity index is 1.30. The first-order chi connectivity index (χ1) is 13.6. The number of aromatic nitrogens is 4. The molecule has 0 bridgehead atoms. The third kappa shape index (κ3) is 4.23. The van der Waals surface area contributed by atoms with Gasteiger partial charge in [-0.15, -0.1) is 0 Å². The lowest BCUT2D eigenvalue weighted by Gasteiger charge is -2.34. The van der Waals surface area contributed by atoms with Crippen molar-refractivity contribution in [1.82, 2.24) is 29.4 Å². The summed E-state index contributed by atoms with van der Waals surface area (Å²) in [5.41, 5.74) is 3.03. The Kier molecular flexibility index (Phi) is 5.68. The Morgan fingerprint density at radius 3 is 2.57 bits per heavy atom. The molecule has 0 unspecified atom stereocenters. The van der Waals surface area contributed by atoms with Gasteiger partial charge in [0.2, 0.25) is 0 Å². The van der Waals surface area contributed by atoms with E-state index in [4.69, 9.17) is 0 Å². The van der Waals surface area contributed by atoms with Crippen LogP contribution in [-0.4, -0.2) is 62.1 Å². The molecule has 1 aliphatic carbocycles. The Morgan fingerprint density at radius 2 is 1.75 bits per heavy atom. The molecule has 8 heteroatoms. The van der Waals surface area contributed by atoms with Crippen LogP contribution in [-0.2, 0) is 33.0 Å². The molecule has 0 saturated carbocycles. The predicted molar refractivity (Wildman–Crippen MR) is 106 cm³/mol. The lowest BCUT2D eigenvalue weighted by atomic mass is 9.97. The zero-order valence-electron chi connectivity index (χ0n) is 16.5. The Hall–Kier alpha value is -2.32. The number of fused-ring (bicyclic) bond motifs is 1. The molecule has 3 heterocycles. The second kappa shape index (κ2) is 8.36. The van der Waals surface area contributed by atoms with E-state index in [0.717, 1.165) is 68.8 Å². The zero-order valence-corrected chi connectivity index (χ0v) is 16.5. The van der Waals surface area contributed by atoms with Crippen LogP contribution in [0.4, 0.5) is 0 Å². The second-order valence-corrected chi connectivity index (χ2v) is 7.79. The van der Waals surface area contributed by atoms with Crippen molar-refractivity contribution in [3.8, 4) is 0 Å². The van der Waals surface area contributed by atoms with Gasteiger partial charge in [-0.1, -0.05) is 0 Å². The first-order valence-corrected chi connectivity index (χ1v) is 10.2. The number of aryl methyl sites for hydroxylation is 3. The van der Waals surface area contributed by atoms with Crippen molar-refractivity contribution in [3.05, 3.63) is 55.9 Å². The van der Waals surface area contributed by atoms with E-state index < -0.39 is 0 Å². The van der Waals surface area contributed by atoms with Gasteiger partial charge in [0, 0.05) is 64.1 Å². The highest BCUT2D eigenvalue weighted by molar-refractivity contribution is 5.20. The van der Waals surface area contributed by atoms with Crippen LogP contribution in [0.5, 0.6) is 0 Å². The molecule has 0 aromatic carbocycles. The minimum absolute atomic E-state index is 0.0211. The SMILES string of the molecule is Cn1nccc(CN2CCN(CCn3nc4c(cc3=O)CCCC4)CC2)c1=O. The second-order valence-electron chi connectivity index (χ2n) is 7.79. The van der Waals surface area contributed by atoms with Gasteiger partial charge in [-0.3, -0.25) is 19.4 Å². The summed E-state index contributed by atoms with van der Waals surface area (Å²) in [7, 11) is 1.68. The molecule has 1 aliphatic heterocycles. The number of hydrogen-bond acceptors (Lipinski definition) is 6. The van der Waals surface area contributed by atoms with Gasteiger partial charge in [0.05, 0.1) is 12.2 Å². The monoisotopic (exact) mass is 384 g/mol. The third-order valence-electron chi connectivity index (χ3n) is 5.84. The van der Waals surface area contributed by atoms with Crippen LogP contribution < -0.4 is 11.1 Å². The minimum atomic E-state index is -0.0252. The molecule has 1 fully saturated rings. The van der Waals surface area contributed by atoms with Gasteiger partial charge >= 0.3 is 0 Å². The molecule has 2 aliphatic rings. The van der Waals surface area contributed by atoms with Crippen molar-refractivity contribution < 1.29 is 0 Å². The van der Waals surface area contributed by atoms with E-state index in [1.54, 1.807) is 24.0 Å². The van der Waals surface area contributed by atoms with E-state index in [9.17, 15) is 9.59 Å². The fourth-order valence-corrected chi connectivity index (χ4v) is 4.08. The number of piperazine rings is 1. The highest BCUT2D eigenvalue weighted by Crippen LogP contribution is 2.16. The van der Waals surface area contributed by atoms with Crippen LogP contribution in [0.3, 0.4) is 0 Å². The highest BCUT2D eigenvalue weighted by atomic mass is 16.1. The predicted octanol–water partition coefficient (Wildman–Crippen LogP) is 0.0336. The van der Waals surface area contributed by atoms with Gasteiger partial charge in [0.15, 0.2) is 0 Å². The molecule has 4 rings (SSSR count). The van der Waals surface area contributed by atoms with Gasteiger partial charge in [-0.05, 0) is 37.3 Å². The maximum absolute atomic E-state index is 12.3. The summed E-state index contributed by atoms with van der Waals surface area (Å²) in [5.74, 6) is 0. The summed E-state index contributed by atoms with van der Waals surface area (Å²) in [6, 6.07) is 3.59.